The Balaban J connectivity index is 2.30. The largest absolute Gasteiger partial charge is 0.459 e. The SMILES string of the molecule is CC(C)=C[C@@H]1OC(C)(C)O[C@@H]1[C@](O)(COC(=O)c1ccccc1)C(F)(F)F. The maximum absolute atomic E-state index is 13.8. The summed E-state index contributed by atoms with van der Waals surface area (Å²) in [6, 6.07) is 7.55. The van der Waals surface area contributed by atoms with Crippen molar-refractivity contribution in [3.05, 3.63) is 47.5 Å². The molecule has 1 aliphatic heterocycles. The standard InChI is InChI=1S/C19H23F3O5/c1-12(2)10-14-15(27-17(3,4)26-14)18(24,19(20,21)22)11-25-16(23)13-8-6-5-7-9-13/h5-10,14-15,24H,11H2,1-4H3/t14-,15-,18+/m0/s1. The smallest absolute Gasteiger partial charge is 0.423 e. The Morgan fingerprint density at radius 3 is 2.33 bits per heavy atom. The van der Waals surface area contributed by atoms with Gasteiger partial charge in [0.25, 0.3) is 0 Å². The third-order valence-corrected chi connectivity index (χ3v) is 4.02. The molecule has 0 aliphatic carbocycles. The minimum absolute atomic E-state index is 0.0757. The number of benzene rings is 1. The van der Waals surface area contributed by atoms with Crippen molar-refractivity contribution in [3.63, 3.8) is 0 Å². The van der Waals surface area contributed by atoms with Gasteiger partial charge in [-0.2, -0.15) is 13.2 Å². The van der Waals surface area contributed by atoms with Crippen molar-refractivity contribution in [2.75, 3.05) is 6.61 Å². The van der Waals surface area contributed by atoms with Gasteiger partial charge in [-0.15, -0.1) is 0 Å². The molecule has 0 saturated carbocycles. The first-order chi connectivity index (χ1) is 12.4. The van der Waals surface area contributed by atoms with Crippen LogP contribution >= 0.6 is 0 Å². The Bertz CT molecular complexity index is 695. The highest BCUT2D eigenvalue weighted by Gasteiger charge is 2.65. The van der Waals surface area contributed by atoms with Gasteiger partial charge in [-0.1, -0.05) is 29.8 Å². The first-order valence-electron chi connectivity index (χ1n) is 8.38. The summed E-state index contributed by atoms with van der Waals surface area (Å²) in [5.74, 6) is -2.32. The van der Waals surface area contributed by atoms with Gasteiger partial charge >= 0.3 is 12.1 Å². The summed E-state index contributed by atoms with van der Waals surface area (Å²) < 4.78 is 57.0. The highest BCUT2D eigenvalue weighted by atomic mass is 19.4. The van der Waals surface area contributed by atoms with E-state index in [4.69, 9.17) is 14.2 Å². The molecule has 8 heteroatoms. The van der Waals surface area contributed by atoms with Crippen LogP contribution in [0.15, 0.2) is 42.0 Å². The van der Waals surface area contributed by atoms with Crippen molar-refractivity contribution >= 4 is 5.97 Å². The van der Waals surface area contributed by atoms with Crippen LogP contribution in [0.3, 0.4) is 0 Å². The van der Waals surface area contributed by atoms with Crippen molar-refractivity contribution in [3.8, 4) is 0 Å². The van der Waals surface area contributed by atoms with Crippen LogP contribution in [0.1, 0.15) is 38.1 Å². The molecule has 2 rings (SSSR count). The number of hydrogen-bond donors (Lipinski definition) is 1. The van der Waals surface area contributed by atoms with E-state index in [2.05, 4.69) is 0 Å². The molecule has 1 aromatic rings. The minimum atomic E-state index is -5.12. The molecule has 0 aromatic heterocycles. The summed E-state index contributed by atoms with van der Waals surface area (Å²) in [4.78, 5) is 12.0. The summed E-state index contributed by atoms with van der Waals surface area (Å²) in [7, 11) is 0. The van der Waals surface area contributed by atoms with Gasteiger partial charge in [-0.05, 0) is 39.8 Å². The van der Waals surface area contributed by atoms with Gasteiger partial charge in [-0.25, -0.2) is 4.79 Å². The Labute approximate surface area is 155 Å². The predicted molar refractivity (Wildman–Crippen MR) is 91.0 cm³/mol. The van der Waals surface area contributed by atoms with Crippen molar-refractivity contribution in [1.29, 1.82) is 0 Å². The van der Waals surface area contributed by atoms with Gasteiger partial charge in [0.1, 0.15) is 18.8 Å². The topological polar surface area (TPSA) is 65.0 Å². The fraction of sp³-hybridized carbons (Fsp3) is 0.526. The van der Waals surface area contributed by atoms with Gasteiger partial charge < -0.3 is 19.3 Å². The third-order valence-electron chi connectivity index (χ3n) is 4.02. The average molecular weight is 388 g/mol. The molecule has 150 valence electrons. The van der Waals surface area contributed by atoms with Gasteiger partial charge in [0.2, 0.25) is 5.60 Å². The fourth-order valence-electron chi connectivity index (χ4n) is 2.77. The monoisotopic (exact) mass is 388 g/mol. The zero-order chi connectivity index (χ0) is 20.5. The molecular formula is C19H23F3O5. The van der Waals surface area contributed by atoms with Crippen molar-refractivity contribution in [2.24, 2.45) is 0 Å². The lowest BCUT2D eigenvalue weighted by atomic mass is 9.91. The Morgan fingerprint density at radius 1 is 1.22 bits per heavy atom. The number of rotatable bonds is 5. The van der Waals surface area contributed by atoms with Crippen LogP contribution in [0, 0.1) is 0 Å². The molecule has 1 aromatic carbocycles. The lowest BCUT2D eigenvalue weighted by molar-refractivity contribution is -0.307. The summed E-state index contributed by atoms with van der Waals surface area (Å²) in [5.41, 5.74) is -2.68. The van der Waals surface area contributed by atoms with Gasteiger partial charge in [0, 0.05) is 0 Å². The molecule has 5 nitrogen and oxygen atoms in total. The molecule has 1 heterocycles. The van der Waals surface area contributed by atoms with E-state index in [-0.39, 0.29) is 5.56 Å². The first kappa shape index (κ1) is 21.4. The van der Waals surface area contributed by atoms with Crippen LogP contribution in [0.2, 0.25) is 0 Å². The maximum Gasteiger partial charge on any atom is 0.423 e. The summed E-state index contributed by atoms with van der Waals surface area (Å²) in [5, 5.41) is 10.5. The number of aliphatic hydroxyl groups is 1. The third kappa shape index (κ3) is 4.88. The number of ether oxygens (including phenoxy) is 3. The minimum Gasteiger partial charge on any atom is -0.459 e. The number of hydrogen-bond acceptors (Lipinski definition) is 5. The number of carbonyl (C=O) groups excluding carboxylic acids is 1. The Hall–Kier alpha value is -1.90. The van der Waals surface area contributed by atoms with Crippen LogP contribution in [-0.4, -0.2) is 47.5 Å². The molecule has 1 aliphatic rings. The lowest BCUT2D eigenvalue weighted by Gasteiger charge is -2.35. The van der Waals surface area contributed by atoms with E-state index < -0.39 is 42.3 Å². The van der Waals surface area contributed by atoms with E-state index in [0.717, 1.165) is 0 Å². The van der Waals surface area contributed by atoms with Crippen LogP contribution in [0.4, 0.5) is 13.2 Å². The molecule has 3 atom stereocenters. The second-order valence-corrected chi connectivity index (χ2v) is 7.13. The summed E-state index contributed by atoms with van der Waals surface area (Å²) in [6.45, 7) is 4.96. The number of halogens is 3. The molecule has 0 unspecified atom stereocenters. The fourth-order valence-corrected chi connectivity index (χ4v) is 2.77. The second-order valence-electron chi connectivity index (χ2n) is 7.13. The van der Waals surface area contributed by atoms with E-state index >= 15 is 0 Å². The maximum atomic E-state index is 13.8. The molecule has 0 bridgehead atoms. The van der Waals surface area contributed by atoms with Gasteiger partial charge in [0.15, 0.2) is 5.79 Å². The Kier molecular flexibility index (Phi) is 6.03. The highest BCUT2D eigenvalue weighted by molar-refractivity contribution is 5.89. The zero-order valence-corrected chi connectivity index (χ0v) is 15.5. The van der Waals surface area contributed by atoms with Gasteiger partial charge in [0.05, 0.1) is 5.56 Å². The van der Waals surface area contributed by atoms with Gasteiger partial charge in [-0.3, -0.25) is 0 Å². The number of alkyl halides is 3. The van der Waals surface area contributed by atoms with E-state index in [9.17, 15) is 23.1 Å². The molecule has 1 fully saturated rings. The molecular weight excluding hydrogens is 365 g/mol. The predicted octanol–water partition coefficient (Wildman–Crippen LogP) is 3.62. The molecule has 0 amide bonds. The normalized spacial score (nSPS) is 24.1. The van der Waals surface area contributed by atoms with E-state index in [0.29, 0.717) is 5.57 Å². The quantitative estimate of drug-likeness (QED) is 0.617. The van der Waals surface area contributed by atoms with Crippen molar-refractivity contribution in [1.82, 2.24) is 0 Å². The molecule has 0 radical (unpaired) electrons. The molecule has 1 saturated heterocycles. The van der Waals surface area contributed by atoms with Crippen LogP contribution in [-0.2, 0) is 14.2 Å². The summed E-state index contributed by atoms with van der Waals surface area (Å²) in [6.07, 6.45) is -6.64. The lowest BCUT2D eigenvalue weighted by Crippen LogP contribution is -2.61. The molecule has 27 heavy (non-hydrogen) atoms. The van der Waals surface area contributed by atoms with Crippen molar-refractivity contribution in [2.45, 2.75) is 57.5 Å². The summed E-state index contributed by atoms with van der Waals surface area (Å²) >= 11 is 0. The number of allylic oxidation sites excluding steroid dienone is 1. The number of esters is 1. The zero-order valence-electron chi connectivity index (χ0n) is 15.5. The van der Waals surface area contributed by atoms with E-state index in [1.54, 1.807) is 32.0 Å². The van der Waals surface area contributed by atoms with E-state index in [1.165, 1.54) is 32.1 Å². The van der Waals surface area contributed by atoms with E-state index in [1.807, 2.05) is 0 Å². The average Bonchev–Trinajstić information content (AvgIpc) is 2.86. The number of carbonyl (C=O) groups is 1. The first-order valence-corrected chi connectivity index (χ1v) is 8.38. The second kappa shape index (κ2) is 7.61. The van der Waals surface area contributed by atoms with Crippen LogP contribution in [0.25, 0.3) is 0 Å². The molecule has 0 spiro atoms. The Morgan fingerprint density at radius 2 is 1.81 bits per heavy atom. The molecule has 1 N–H and O–H groups in total. The van der Waals surface area contributed by atoms with Crippen LogP contribution < -0.4 is 0 Å². The highest BCUT2D eigenvalue weighted by Crippen LogP contribution is 2.43. The van der Waals surface area contributed by atoms with Crippen molar-refractivity contribution < 1.29 is 37.3 Å². The van der Waals surface area contributed by atoms with Crippen LogP contribution in [0.5, 0.6) is 0 Å².